The molecule has 4 N–H and O–H groups in total. The van der Waals surface area contributed by atoms with Crippen molar-refractivity contribution in [3.63, 3.8) is 0 Å². The molecule has 0 bridgehead atoms. The molecule has 0 saturated heterocycles. The zero-order valence-corrected chi connectivity index (χ0v) is 6.99. The Morgan fingerprint density at radius 2 is 2.17 bits per heavy atom. The average molecular weight is 167 g/mol. The van der Waals surface area contributed by atoms with Crippen molar-refractivity contribution < 1.29 is 10.2 Å². The number of aryl methyl sites for hydroxylation is 1. The lowest BCUT2D eigenvalue weighted by atomic mass is 10.0. The summed E-state index contributed by atoms with van der Waals surface area (Å²) < 4.78 is 0. The Kier molecular flexibility index (Phi) is 2.68. The zero-order valence-electron chi connectivity index (χ0n) is 6.99. The number of hydrogen-bond donors (Lipinski definition) is 3. The summed E-state index contributed by atoms with van der Waals surface area (Å²) in [6, 6.07) is 4.66. The van der Waals surface area contributed by atoms with Crippen LogP contribution in [0.5, 0.6) is 5.75 Å². The number of aliphatic hydroxyl groups is 1. The topological polar surface area (TPSA) is 66.5 Å². The van der Waals surface area contributed by atoms with Crippen LogP contribution in [0.3, 0.4) is 0 Å². The first-order valence-corrected chi connectivity index (χ1v) is 3.81. The predicted octanol–water partition coefficient (Wildman–Crippen LogP) is 0.693. The Bertz CT molecular complexity index is 273. The number of rotatable bonds is 2. The van der Waals surface area contributed by atoms with Crippen molar-refractivity contribution in [2.75, 3.05) is 6.61 Å². The summed E-state index contributed by atoms with van der Waals surface area (Å²) >= 11 is 0. The van der Waals surface area contributed by atoms with Crippen LogP contribution in [0.2, 0.25) is 0 Å². The fourth-order valence-corrected chi connectivity index (χ4v) is 1.07. The first-order chi connectivity index (χ1) is 5.65. The Balaban J connectivity index is 3.04. The number of aromatic hydroxyl groups is 1. The lowest BCUT2D eigenvalue weighted by Crippen LogP contribution is -2.14. The van der Waals surface area contributed by atoms with E-state index in [2.05, 4.69) is 0 Å². The first-order valence-electron chi connectivity index (χ1n) is 3.81. The van der Waals surface area contributed by atoms with Gasteiger partial charge in [-0.25, -0.2) is 0 Å². The van der Waals surface area contributed by atoms with Crippen LogP contribution in [0.4, 0.5) is 0 Å². The summed E-state index contributed by atoms with van der Waals surface area (Å²) in [5, 5.41) is 18.1. The van der Waals surface area contributed by atoms with Crippen molar-refractivity contribution in [3.05, 3.63) is 29.3 Å². The largest absolute Gasteiger partial charge is 0.508 e. The minimum atomic E-state index is -0.495. The normalized spacial score (nSPS) is 12.9. The summed E-state index contributed by atoms with van der Waals surface area (Å²) in [5.41, 5.74) is 7.17. The molecule has 0 amide bonds. The Hall–Kier alpha value is -1.06. The zero-order chi connectivity index (χ0) is 9.14. The summed E-state index contributed by atoms with van der Waals surface area (Å²) in [5.74, 6) is 0.141. The van der Waals surface area contributed by atoms with Crippen LogP contribution in [0.15, 0.2) is 18.2 Å². The van der Waals surface area contributed by atoms with Gasteiger partial charge in [-0.15, -0.1) is 0 Å². The second kappa shape index (κ2) is 3.56. The predicted molar refractivity (Wildman–Crippen MR) is 46.9 cm³/mol. The molecule has 0 aromatic heterocycles. The third-order valence-electron chi connectivity index (χ3n) is 1.78. The molecule has 1 atom stereocenters. The van der Waals surface area contributed by atoms with E-state index in [-0.39, 0.29) is 12.4 Å². The summed E-state index contributed by atoms with van der Waals surface area (Å²) in [6.07, 6.45) is 0. The van der Waals surface area contributed by atoms with Crippen molar-refractivity contribution in [2.45, 2.75) is 13.0 Å². The minimum absolute atomic E-state index is 0.141. The minimum Gasteiger partial charge on any atom is -0.508 e. The molecule has 1 unspecified atom stereocenters. The van der Waals surface area contributed by atoms with Gasteiger partial charge in [-0.05, 0) is 13.0 Å². The highest BCUT2D eigenvalue weighted by molar-refractivity contribution is 5.37. The van der Waals surface area contributed by atoms with E-state index in [1.54, 1.807) is 18.2 Å². The van der Waals surface area contributed by atoms with E-state index in [0.717, 1.165) is 5.56 Å². The van der Waals surface area contributed by atoms with Gasteiger partial charge in [0, 0.05) is 5.56 Å². The van der Waals surface area contributed by atoms with Gasteiger partial charge in [0.05, 0.1) is 12.6 Å². The Labute approximate surface area is 71.5 Å². The molecule has 0 fully saturated rings. The van der Waals surface area contributed by atoms with Gasteiger partial charge in [0.25, 0.3) is 0 Å². The van der Waals surface area contributed by atoms with Crippen LogP contribution >= 0.6 is 0 Å². The third-order valence-corrected chi connectivity index (χ3v) is 1.78. The molecule has 0 saturated carbocycles. The van der Waals surface area contributed by atoms with E-state index in [1.807, 2.05) is 6.92 Å². The molecule has 0 spiro atoms. The molecule has 0 aliphatic rings. The SMILES string of the molecule is Cc1ccc(O)c(C(N)CO)c1. The van der Waals surface area contributed by atoms with Gasteiger partial charge in [0.1, 0.15) is 5.75 Å². The van der Waals surface area contributed by atoms with E-state index in [9.17, 15) is 5.11 Å². The summed E-state index contributed by atoms with van der Waals surface area (Å²) in [6.45, 7) is 1.75. The molecule has 0 aliphatic heterocycles. The van der Waals surface area contributed by atoms with E-state index >= 15 is 0 Å². The maximum absolute atomic E-state index is 9.35. The number of hydrogen-bond acceptors (Lipinski definition) is 3. The highest BCUT2D eigenvalue weighted by atomic mass is 16.3. The highest BCUT2D eigenvalue weighted by Crippen LogP contribution is 2.23. The van der Waals surface area contributed by atoms with Crippen molar-refractivity contribution >= 4 is 0 Å². The molecule has 3 nitrogen and oxygen atoms in total. The van der Waals surface area contributed by atoms with E-state index in [4.69, 9.17) is 10.8 Å². The molecular formula is C9H13NO2. The molecule has 0 heterocycles. The van der Waals surface area contributed by atoms with Gasteiger partial charge in [0.2, 0.25) is 0 Å². The van der Waals surface area contributed by atoms with Crippen molar-refractivity contribution in [1.29, 1.82) is 0 Å². The number of phenolic OH excluding ortho intramolecular Hbond substituents is 1. The van der Waals surface area contributed by atoms with Crippen molar-refractivity contribution in [1.82, 2.24) is 0 Å². The Morgan fingerprint density at radius 3 is 2.75 bits per heavy atom. The summed E-state index contributed by atoms with van der Waals surface area (Å²) in [7, 11) is 0. The van der Waals surface area contributed by atoms with Crippen LogP contribution in [0, 0.1) is 6.92 Å². The lowest BCUT2D eigenvalue weighted by Gasteiger charge is -2.10. The number of benzene rings is 1. The summed E-state index contributed by atoms with van der Waals surface area (Å²) in [4.78, 5) is 0. The number of aliphatic hydroxyl groups excluding tert-OH is 1. The molecule has 1 aromatic carbocycles. The maximum atomic E-state index is 9.35. The molecule has 66 valence electrons. The van der Waals surface area contributed by atoms with Crippen LogP contribution in [-0.2, 0) is 0 Å². The fourth-order valence-electron chi connectivity index (χ4n) is 1.07. The molecule has 12 heavy (non-hydrogen) atoms. The standard InChI is InChI=1S/C9H13NO2/c1-6-2-3-9(12)7(4-6)8(10)5-11/h2-4,8,11-12H,5,10H2,1H3. The van der Waals surface area contributed by atoms with Crippen LogP contribution < -0.4 is 5.73 Å². The number of nitrogens with two attached hydrogens (primary N) is 1. The molecule has 3 heteroatoms. The second-order valence-electron chi connectivity index (χ2n) is 2.85. The molecule has 1 rings (SSSR count). The van der Waals surface area contributed by atoms with Gasteiger partial charge in [-0.1, -0.05) is 17.7 Å². The Morgan fingerprint density at radius 1 is 1.50 bits per heavy atom. The van der Waals surface area contributed by atoms with Crippen molar-refractivity contribution in [3.8, 4) is 5.75 Å². The average Bonchev–Trinajstić information content (AvgIpc) is 2.08. The van der Waals surface area contributed by atoms with Crippen LogP contribution in [-0.4, -0.2) is 16.8 Å². The molecular weight excluding hydrogens is 154 g/mol. The van der Waals surface area contributed by atoms with Gasteiger partial charge >= 0.3 is 0 Å². The maximum Gasteiger partial charge on any atom is 0.120 e. The van der Waals surface area contributed by atoms with Gasteiger partial charge < -0.3 is 15.9 Å². The molecule has 0 aliphatic carbocycles. The van der Waals surface area contributed by atoms with Gasteiger partial charge in [0.15, 0.2) is 0 Å². The molecule has 0 radical (unpaired) electrons. The highest BCUT2D eigenvalue weighted by Gasteiger charge is 2.08. The monoisotopic (exact) mass is 167 g/mol. The number of phenols is 1. The first kappa shape index (κ1) is 9.03. The fraction of sp³-hybridized carbons (Fsp3) is 0.333. The quantitative estimate of drug-likeness (QED) is 0.607. The van der Waals surface area contributed by atoms with Crippen molar-refractivity contribution in [2.24, 2.45) is 5.73 Å². The van der Waals surface area contributed by atoms with Crippen LogP contribution in [0.1, 0.15) is 17.2 Å². The molecule has 1 aromatic rings. The van der Waals surface area contributed by atoms with E-state index in [1.165, 1.54) is 0 Å². The van der Waals surface area contributed by atoms with Gasteiger partial charge in [-0.2, -0.15) is 0 Å². The van der Waals surface area contributed by atoms with Crippen LogP contribution in [0.25, 0.3) is 0 Å². The van der Waals surface area contributed by atoms with E-state index in [0.29, 0.717) is 5.56 Å². The third kappa shape index (κ3) is 1.75. The van der Waals surface area contributed by atoms with E-state index < -0.39 is 6.04 Å². The van der Waals surface area contributed by atoms with Gasteiger partial charge in [-0.3, -0.25) is 0 Å². The second-order valence-corrected chi connectivity index (χ2v) is 2.85. The smallest absolute Gasteiger partial charge is 0.120 e. The lowest BCUT2D eigenvalue weighted by molar-refractivity contribution is 0.265.